The predicted molar refractivity (Wildman–Crippen MR) is 201 cm³/mol. The van der Waals surface area contributed by atoms with E-state index in [4.69, 9.17) is 9.97 Å². The molecule has 8 rings (SSSR count). The van der Waals surface area contributed by atoms with Gasteiger partial charge >= 0.3 is 0 Å². The van der Waals surface area contributed by atoms with Gasteiger partial charge in [-0.3, -0.25) is 4.90 Å². The van der Waals surface area contributed by atoms with Crippen LogP contribution in [0.2, 0.25) is 0 Å². The highest BCUT2D eigenvalue weighted by atomic mass is 16.3. The summed E-state index contributed by atoms with van der Waals surface area (Å²) in [5, 5.41) is 15.3. The molecule has 0 unspecified atom stereocenters. The topological polar surface area (TPSA) is 52.5 Å². The minimum atomic E-state index is -0.254. The first kappa shape index (κ1) is 29.9. The highest BCUT2D eigenvalue weighted by Crippen LogP contribution is 2.53. The number of pyridine rings is 2. The van der Waals surface area contributed by atoms with E-state index in [9.17, 15) is 5.11 Å². The first-order valence-corrected chi connectivity index (χ1v) is 16.6. The Kier molecular flexibility index (Phi) is 6.58. The third-order valence-electron chi connectivity index (χ3n) is 10.1. The van der Waals surface area contributed by atoms with Crippen LogP contribution in [0, 0.1) is 0 Å². The van der Waals surface area contributed by atoms with E-state index in [1.54, 1.807) is 6.07 Å². The van der Waals surface area contributed by atoms with Gasteiger partial charge in [0.1, 0.15) is 17.1 Å². The average Bonchev–Trinajstić information content (AvgIpc) is 3.07. The molecule has 1 aliphatic heterocycles. The van der Waals surface area contributed by atoms with Crippen molar-refractivity contribution in [2.45, 2.75) is 45.4 Å². The Bertz CT molecular complexity index is 2390. The van der Waals surface area contributed by atoms with Crippen molar-refractivity contribution in [3.05, 3.63) is 126 Å². The molecular formula is C43H40N4O. The molecule has 0 fully saturated rings. The third-order valence-corrected chi connectivity index (χ3v) is 10.1. The van der Waals surface area contributed by atoms with Crippen LogP contribution in [0.25, 0.3) is 43.7 Å². The van der Waals surface area contributed by atoms with Crippen LogP contribution >= 0.6 is 0 Å². The molecule has 0 atom stereocenters. The highest BCUT2D eigenvalue weighted by molar-refractivity contribution is 6.13. The molecule has 48 heavy (non-hydrogen) atoms. The van der Waals surface area contributed by atoms with Crippen LogP contribution in [0.1, 0.15) is 51.3 Å². The fourth-order valence-corrected chi connectivity index (χ4v) is 7.34. The molecule has 5 aromatic carbocycles. The van der Waals surface area contributed by atoms with Gasteiger partial charge in [0.15, 0.2) is 0 Å². The lowest BCUT2D eigenvalue weighted by Gasteiger charge is -2.42. The summed E-state index contributed by atoms with van der Waals surface area (Å²) in [7, 11) is 4.15. The molecule has 5 heteroatoms. The molecule has 0 radical (unpaired) electrons. The Morgan fingerprint density at radius 2 is 1.46 bits per heavy atom. The van der Waals surface area contributed by atoms with Crippen LogP contribution in [0.3, 0.4) is 0 Å². The minimum absolute atomic E-state index is 0.0750. The SMILES string of the molecule is CN(C)c1ccc2c(c1)N(c1ccccn1)c1cc3c(ccc4cc5c(-c6ccc(C(C)(C)C)cc6)ccc(O)c5nc43)cc1C2(C)C. The molecule has 0 saturated carbocycles. The Balaban J connectivity index is 1.38. The number of phenols is 1. The van der Waals surface area contributed by atoms with Crippen LogP contribution in [0.5, 0.6) is 5.75 Å². The summed E-state index contributed by atoms with van der Waals surface area (Å²) in [5.74, 6) is 1.04. The fraction of sp³-hybridized carbons (Fsp3) is 0.209. The van der Waals surface area contributed by atoms with Crippen molar-refractivity contribution in [2.24, 2.45) is 0 Å². The van der Waals surface area contributed by atoms with Crippen LogP contribution in [0.4, 0.5) is 22.9 Å². The summed E-state index contributed by atoms with van der Waals surface area (Å²) < 4.78 is 0. The Morgan fingerprint density at radius 3 is 2.17 bits per heavy atom. The molecule has 238 valence electrons. The van der Waals surface area contributed by atoms with Gasteiger partial charge in [0.05, 0.1) is 16.9 Å². The van der Waals surface area contributed by atoms with Crippen molar-refractivity contribution in [3.8, 4) is 16.9 Å². The maximum atomic E-state index is 11.2. The maximum Gasteiger partial charge on any atom is 0.141 e. The zero-order valence-electron chi connectivity index (χ0n) is 28.6. The standard InChI is InChI=1S/C43H40N4O/c1-42(2,3)29-15-13-26(14-16-29)31-18-20-38(48)41-33(31)22-28-12-11-27-23-35-37(25-32(27)40(28)45-41)47(39-10-8-9-21-44-39)36-24-30(46(6)7)17-19-34(36)43(35,4)5/h8-25,48H,1-7H3. The lowest BCUT2D eigenvalue weighted by Crippen LogP contribution is -2.31. The van der Waals surface area contributed by atoms with Crippen LogP contribution < -0.4 is 9.80 Å². The Labute approximate surface area is 282 Å². The first-order chi connectivity index (χ1) is 22.9. The molecule has 0 spiro atoms. The molecular weight excluding hydrogens is 589 g/mol. The molecule has 0 bridgehead atoms. The lowest BCUT2D eigenvalue weighted by atomic mass is 9.73. The number of rotatable bonds is 3. The number of benzene rings is 5. The van der Waals surface area contributed by atoms with Crippen molar-refractivity contribution >= 4 is 55.5 Å². The largest absolute Gasteiger partial charge is 0.506 e. The van der Waals surface area contributed by atoms with Gasteiger partial charge in [-0.2, -0.15) is 0 Å². The number of hydrogen-bond acceptors (Lipinski definition) is 5. The number of aromatic hydroxyl groups is 1. The number of fused-ring (bicyclic) bond motifs is 6. The van der Waals surface area contributed by atoms with E-state index in [0.717, 1.165) is 61.1 Å². The number of aromatic nitrogens is 2. The van der Waals surface area contributed by atoms with E-state index in [-0.39, 0.29) is 16.6 Å². The summed E-state index contributed by atoms with van der Waals surface area (Å²) in [4.78, 5) is 14.5. The average molecular weight is 629 g/mol. The second kappa shape index (κ2) is 10.5. The van der Waals surface area contributed by atoms with E-state index < -0.39 is 0 Å². The van der Waals surface area contributed by atoms with E-state index >= 15 is 0 Å². The van der Waals surface area contributed by atoms with Crippen LogP contribution in [-0.2, 0) is 10.8 Å². The molecule has 5 nitrogen and oxygen atoms in total. The lowest BCUT2D eigenvalue weighted by molar-refractivity contribution is 0.480. The zero-order chi connectivity index (χ0) is 33.5. The van der Waals surface area contributed by atoms with Gasteiger partial charge in [-0.15, -0.1) is 0 Å². The zero-order valence-corrected chi connectivity index (χ0v) is 28.6. The van der Waals surface area contributed by atoms with Crippen molar-refractivity contribution < 1.29 is 5.11 Å². The molecule has 0 aliphatic carbocycles. The van der Waals surface area contributed by atoms with Gasteiger partial charge in [-0.25, -0.2) is 9.97 Å². The summed E-state index contributed by atoms with van der Waals surface area (Å²) >= 11 is 0. The minimum Gasteiger partial charge on any atom is -0.506 e. The smallest absolute Gasteiger partial charge is 0.141 e. The molecule has 1 N–H and O–H groups in total. The quantitative estimate of drug-likeness (QED) is 0.156. The second-order valence-corrected chi connectivity index (χ2v) is 14.8. The Hall–Kier alpha value is -5.42. The van der Waals surface area contributed by atoms with Crippen molar-refractivity contribution in [1.82, 2.24) is 9.97 Å². The van der Waals surface area contributed by atoms with Crippen LogP contribution in [0.15, 0.2) is 109 Å². The normalized spacial score (nSPS) is 13.9. The third kappa shape index (κ3) is 4.60. The predicted octanol–water partition coefficient (Wildman–Crippen LogP) is 10.8. The molecule has 2 aromatic heterocycles. The van der Waals surface area contributed by atoms with Crippen molar-refractivity contribution in [1.29, 1.82) is 0 Å². The van der Waals surface area contributed by atoms with Crippen molar-refractivity contribution in [3.63, 3.8) is 0 Å². The number of anilines is 4. The Morgan fingerprint density at radius 1 is 0.708 bits per heavy atom. The van der Waals surface area contributed by atoms with Crippen LogP contribution in [-0.4, -0.2) is 29.2 Å². The van der Waals surface area contributed by atoms with Gasteiger partial charge < -0.3 is 10.0 Å². The summed E-state index contributed by atoms with van der Waals surface area (Å²) in [6.07, 6.45) is 1.85. The maximum absolute atomic E-state index is 11.2. The van der Waals surface area contributed by atoms with Gasteiger partial charge in [0.25, 0.3) is 0 Å². The van der Waals surface area contributed by atoms with Crippen molar-refractivity contribution in [2.75, 3.05) is 23.9 Å². The molecule has 1 aliphatic rings. The van der Waals surface area contributed by atoms with Gasteiger partial charge in [-0.05, 0) is 93.2 Å². The van der Waals surface area contributed by atoms with Gasteiger partial charge in [0.2, 0.25) is 0 Å². The number of phenolic OH excluding ortho intramolecular Hbond substituents is 1. The molecule has 0 amide bonds. The molecule has 0 saturated heterocycles. The molecule has 7 aromatic rings. The van der Waals surface area contributed by atoms with E-state index in [1.165, 1.54) is 16.7 Å². The summed E-state index contributed by atoms with van der Waals surface area (Å²) in [5.41, 5.74) is 10.6. The van der Waals surface area contributed by atoms with E-state index in [2.05, 4.69) is 137 Å². The second-order valence-electron chi connectivity index (χ2n) is 14.8. The first-order valence-electron chi connectivity index (χ1n) is 16.6. The highest BCUT2D eigenvalue weighted by Gasteiger charge is 2.38. The molecule has 3 heterocycles. The van der Waals surface area contributed by atoms with Gasteiger partial charge in [0, 0.05) is 47.6 Å². The van der Waals surface area contributed by atoms with E-state index in [1.807, 2.05) is 24.4 Å². The summed E-state index contributed by atoms with van der Waals surface area (Å²) in [6, 6.07) is 36.5. The summed E-state index contributed by atoms with van der Waals surface area (Å²) in [6.45, 7) is 11.3. The number of nitrogens with zero attached hydrogens (tertiary/aromatic N) is 4. The van der Waals surface area contributed by atoms with E-state index in [0.29, 0.717) is 5.52 Å². The number of hydrogen-bond donors (Lipinski definition) is 1. The fourth-order valence-electron chi connectivity index (χ4n) is 7.34. The van der Waals surface area contributed by atoms with Gasteiger partial charge in [-0.1, -0.05) is 83.1 Å². The monoisotopic (exact) mass is 628 g/mol.